The van der Waals surface area contributed by atoms with Crippen molar-refractivity contribution in [2.45, 2.75) is 13.0 Å². The number of halogens is 3. The Kier molecular flexibility index (Phi) is 6.56. The summed E-state index contributed by atoms with van der Waals surface area (Å²) in [6, 6.07) is 9.34. The Balaban J connectivity index is 1.74. The second-order valence-corrected chi connectivity index (χ2v) is 5.80. The van der Waals surface area contributed by atoms with Crippen LogP contribution in [-0.2, 0) is 6.54 Å². The van der Waals surface area contributed by atoms with Gasteiger partial charge in [-0.1, -0.05) is 18.2 Å². The molecule has 3 N–H and O–H groups in total. The minimum Gasteiger partial charge on any atom is -0.457 e. The molecule has 2 aromatic heterocycles. The predicted octanol–water partition coefficient (Wildman–Crippen LogP) is 4.01. The largest absolute Gasteiger partial charge is 0.457 e. The number of aromatic nitrogens is 3. The van der Waals surface area contributed by atoms with Crippen molar-refractivity contribution in [2.24, 2.45) is 0 Å². The van der Waals surface area contributed by atoms with Crippen molar-refractivity contribution in [3.8, 4) is 6.01 Å². The molecule has 3 rings (SSSR count). The summed E-state index contributed by atoms with van der Waals surface area (Å²) in [5.41, 5.74) is 1.55. The van der Waals surface area contributed by atoms with E-state index in [0.29, 0.717) is 28.5 Å². The maximum atomic E-state index is 13.8. The highest BCUT2D eigenvalue weighted by Crippen LogP contribution is 2.21. The van der Waals surface area contributed by atoms with Crippen molar-refractivity contribution in [1.82, 2.24) is 15.0 Å². The highest BCUT2D eigenvalue weighted by atomic mass is 19.3. The van der Waals surface area contributed by atoms with E-state index in [1.165, 1.54) is 24.5 Å². The average molecular weight is 402 g/mol. The molecular formula is C19H17F3N6O. The number of hydrogen-bond donors (Lipinski definition) is 3. The van der Waals surface area contributed by atoms with Crippen LogP contribution in [-0.4, -0.2) is 34.2 Å². The molecule has 0 atom stereocenters. The summed E-state index contributed by atoms with van der Waals surface area (Å²) in [7, 11) is 0. The molecule has 0 saturated heterocycles. The van der Waals surface area contributed by atoms with Crippen LogP contribution < -0.4 is 15.4 Å². The van der Waals surface area contributed by atoms with E-state index < -0.39 is 13.0 Å². The molecule has 0 aliphatic heterocycles. The van der Waals surface area contributed by atoms with Crippen LogP contribution >= 0.6 is 0 Å². The van der Waals surface area contributed by atoms with Gasteiger partial charge in [-0.05, 0) is 12.1 Å². The third-order valence-corrected chi connectivity index (χ3v) is 3.75. The summed E-state index contributed by atoms with van der Waals surface area (Å²) in [4.78, 5) is 11.9. The van der Waals surface area contributed by atoms with Gasteiger partial charge in [0.1, 0.15) is 17.5 Å². The van der Waals surface area contributed by atoms with Crippen molar-refractivity contribution in [2.75, 3.05) is 17.2 Å². The SMILES string of the molecule is N=Cc1cnc(Nc2ccnc(OCC(F)F)n2)cc1NCc1ccccc1F. The van der Waals surface area contributed by atoms with E-state index in [-0.39, 0.29) is 18.4 Å². The van der Waals surface area contributed by atoms with Crippen LogP contribution in [0.3, 0.4) is 0 Å². The summed E-state index contributed by atoms with van der Waals surface area (Å²) in [5.74, 6) is 0.339. The third-order valence-electron chi connectivity index (χ3n) is 3.75. The fourth-order valence-electron chi connectivity index (χ4n) is 2.38. The van der Waals surface area contributed by atoms with Gasteiger partial charge in [-0.2, -0.15) is 4.98 Å². The molecule has 7 nitrogen and oxygen atoms in total. The first-order chi connectivity index (χ1) is 14.0. The molecule has 0 saturated carbocycles. The van der Waals surface area contributed by atoms with Crippen LogP contribution in [0.25, 0.3) is 0 Å². The molecule has 10 heteroatoms. The van der Waals surface area contributed by atoms with E-state index in [1.54, 1.807) is 24.3 Å². The monoisotopic (exact) mass is 402 g/mol. The Labute approximate surface area is 164 Å². The molecular weight excluding hydrogens is 385 g/mol. The van der Waals surface area contributed by atoms with Crippen molar-refractivity contribution >= 4 is 23.5 Å². The highest BCUT2D eigenvalue weighted by Gasteiger charge is 2.09. The first kappa shape index (κ1) is 20.1. The smallest absolute Gasteiger partial charge is 0.318 e. The van der Waals surface area contributed by atoms with Crippen LogP contribution in [0.15, 0.2) is 48.8 Å². The predicted molar refractivity (Wildman–Crippen MR) is 103 cm³/mol. The lowest BCUT2D eigenvalue weighted by molar-refractivity contribution is 0.0771. The molecule has 0 aliphatic carbocycles. The Morgan fingerprint density at radius 3 is 2.72 bits per heavy atom. The Morgan fingerprint density at radius 2 is 1.97 bits per heavy atom. The van der Waals surface area contributed by atoms with E-state index in [2.05, 4.69) is 25.6 Å². The van der Waals surface area contributed by atoms with E-state index in [0.717, 1.165) is 6.21 Å². The minimum atomic E-state index is -2.63. The Hall–Kier alpha value is -3.69. The zero-order valence-corrected chi connectivity index (χ0v) is 15.1. The molecule has 0 aliphatic rings. The number of benzene rings is 1. The molecule has 2 heterocycles. The number of alkyl halides is 2. The van der Waals surface area contributed by atoms with Gasteiger partial charge in [-0.25, -0.2) is 23.1 Å². The number of nitrogens with zero attached hydrogens (tertiary/aromatic N) is 3. The molecule has 0 bridgehead atoms. The summed E-state index contributed by atoms with van der Waals surface area (Å²) in [6.45, 7) is -0.587. The van der Waals surface area contributed by atoms with Gasteiger partial charge in [0.25, 0.3) is 6.43 Å². The molecule has 0 fully saturated rings. The number of pyridine rings is 1. The maximum Gasteiger partial charge on any atom is 0.318 e. The zero-order valence-electron chi connectivity index (χ0n) is 15.1. The molecule has 0 radical (unpaired) electrons. The molecule has 3 aromatic rings. The van der Waals surface area contributed by atoms with E-state index >= 15 is 0 Å². The van der Waals surface area contributed by atoms with Gasteiger partial charge in [-0.3, -0.25) is 0 Å². The number of ether oxygens (including phenoxy) is 1. The number of anilines is 3. The molecule has 0 amide bonds. The van der Waals surface area contributed by atoms with Gasteiger partial charge in [0.15, 0.2) is 6.61 Å². The minimum absolute atomic E-state index is 0.190. The number of nitrogens with one attached hydrogen (secondary N) is 3. The van der Waals surface area contributed by atoms with E-state index in [9.17, 15) is 13.2 Å². The van der Waals surface area contributed by atoms with E-state index in [4.69, 9.17) is 10.1 Å². The van der Waals surface area contributed by atoms with Crippen molar-refractivity contribution in [3.63, 3.8) is 0 Å². The lowest BCUT2D eigenvalue weighted by atomic mass is 10.2. The zero-order chi connectivity index (χ0) is 20.6. The summed E-state index contributed by atoms with van der Waals surface area (Å²) >= 11 is 0. The lowest BCUT2D eigenvalue weighted by Crippen LogP contribution is -2.10. The highest BCUT2D eigenvalue weighted by molar-refractivity contribution is 5.86. The Morgan fingerprint density at radius 1 is 1.14 bits per heavy atom. The second-order valence-electron chi connectivity index (χ2n) is 5.80. The third kappa shape index (κ3) is 5.64. The second kappa shape index (κ2) is 9.49. The lowest BCUT2D eigenvalue weighted by Gasteiger charge is -2.12. The topological polar surface area (TPSA) is 95.8 Å². The van der Waals surface area contributed by atoms with Crippen molar-refractivity contribution in [1.29, 1.82) is 5.41 Å². The van der Waals surface area contributed by atoms with Crippen LogP contribution in [0.4, 0.5) is 30.5 Å². The normalized spacial score (nSPS) is 10.6. The van der Waals surface area contributed by atoms with Crippen LogP contribution in [0, 0.1) is 11.2 Å². The molecule has 150 valence electrons. The van der Waals surface area contributed by atoms with Gasteiger partial charge in [0.05, 0.1) is 0 Å². The summed E-state index contributed by atoms with van der Waals surface area (Å²) < 4.78 is 43.1. The van der Waals surface area contributed by atoms with E-state index in [1.807, 2.05) is 0 Å². The quantitative estimate of drug-likeness (QED) is 0.468. The van der Waals surface area contributed by atoms with Gasteiger partial charge < -0.3 is 20.8 Å². The van der Waals surface area contributed by atoms with Gasteiger partial charge in [0.2, 0.25) is 0 Å². The molecule has 0 spiro atoms. The van der Waals surface area contributed by atoms with Crippen molar-refractivity contribution in [3.05, 3.63) is 65.7 Å². The Bertz CT molecular complexity index is 986. The van der Waals surface area contributed by atoms with Gasteiger partial charge in [0, 0.05) is 48.0 Å². The molecule has 0 unspecified atom stereocenters. The standard InChI is InChI=1S/C19H17F3N6O/c20-14-4-2-1-3-12(14)9-25-15-7-18(26-10-13(15)8-23)27-17-5-6-24-19(28-17)29-11-16(21)22/h1-8,10,16,23H,9,11H2,(H2,24,25,26,27,28). The fourth-order valence-corrected chi connectivity index (χ4v) is 2.38. The first-order valence-electron chi connectivity index (χ1n) is 8.54. The number of hydrogen-bond acceptors (Lipinski definition) is 7. The van der Waals surface area contributed by atoms with Crippen molar-refractivity contribution < 1.29 is 17.9 Å². The first-order valence-corrected chi connectivity index (χ1v) is 8.54. The number of rotatable bonds is 9. The van der Waals surface area contributed by atoms with Crippen LogP contribution in [0.5, 0.6) is 6.01 Å². The summed E-state index contributed by atoms with van der Waals surface area (Å²) in [5, 5.41) is 13.5. The fraction of sp³-hybridized carbons (Fsp3) is 0.158. The van der Waals surface area contributed by atoms with Gasteiger partial charge in [-0.15, -0.1) is 0 Å². The van der Waals surface area contributed by atoms with Crippen LogP contribution in [0.1, 0.15) is 11.1 Å². The van der Waals surface area contributed by atoms with Gasteiger partial charge >= 0.3 is 6.01 Å². The molecule has 29 heavy (non-hydrogen) atoms. The van der Waals surface area contributed by atoms with Crippen LogP contribution in [0.2, 0.25) is 0 Å². The summed E-state index contributed by atoms with van der Waals surface area (Å²) in [6.07, 6.45) is 1.32. The average Bonchev–Trinajstić information content (AvgIpc) is 2.72. The molecule has 1 aromatic carbocycles. The maximum absolute atomic E-state index is 13.8.